The molecule has 0 aromatic heterocycles. The van der Waals surface area contributed by atoms with Crippen LogP contribution in [0.25, 0.3) is 6.08 Å². The minimum Gasteiger partial charge on any atom is -0.457 e. The first kappa shape index (κ1) is 14.8. The van der Waals surface area contributed by atoms with Crippen LogP contribution in [0.2, 0.25) is 0 Å². The van der Waals surface area contributed by atoms with Gasteiger partial charge < -0.3 is 9.64 Å². The van der Waals surface area contributed by atoms with E-state index in [0.29, 0.717) is 11.5 Å². The molecule has 0 bridgehead atoms. The van der Waals surface area contributed by atoms with Gasteiger partial charge in [0.15, 0.2) is 0 Å². The highest BCUT2D eigenvalue weighted by atomic mass is 19.1. The molecule has 0 spiro atoms. The maximum atomic E-state index is 12.8. The van der Waals surface area contributed by atoms with Crippen molar-refractivity contribution in [1.82, 2.24) is 4.90 Å². The van der Waals surface area contributed by atoms with E-state index >= 15 is 0 Å². The minimum atomic E-state index is -0.298. The summed E-state index contributed by atoms with van der Waals surface area (Å²) >= 11 is 0. The van der Waals surface area contributed by atoms with Crippen LogP contribution in [-0.4, -0.2) is 24.9 Å². The Morgan fingerprint density at radius 2 is 1.52 bits per heavy atom. The molecule has 0 saturated carbocycles. The van der Waals surface area contributed by atoms with E-state index in [2.05, 4.69) is 0 Å². The van der Waals surface area contributed by atoms with E-state index in [0.717, 1.165) is 5.56 Å². The lowest BCUT2D eigenvalue weighted by Crippen LogP contribution is -2.18. The number of benzene rings is 2. The summed E-state index contributed by atoms with van der Waals surface area (Å²) in [4.78, 5) is 12.9. The summed E-state index contributed by atoms with van der Waals surface area (Å²) in [6, 6.07) is 13.1. The molecule has 0 radical (unpaired) electrons. The van der Waals surface area contributed by atoms with E-state index in [1.165, 1.54) is 23.1 Å². The Hall–Kier alpha value is -2.62. The standard InChI is InChI=1S/C17H16FNO2/c1-19(2)17(20)12-5-13-3-8-15(9-4-13)21-16-10-6-14(18)7-11-16/h3-12H,1-2H3. The first-order chi connectivity index (χ1) is 10.0. The molecule has 0 aliphatic rings. The van der Waals surface area contributed by atoms with Crippen molar-refractivity contribution in [1.29, 1.82) is 0 Å². The highest BCUT2D eigenvalue weighted by molar-refractivity contribution is 5.91. The van der Waals surface area contributed by atoms with Gasteiger partial charge in [-0.2, -0.15) is 0 Å². The fourth-order valence-electron chi connectivity index (χ4n) is 1.60. The number of nitrogens with zero attached hydrogens (tertiary/aromatic N) is 1. The summed E-state index contributed by atoms with van der Waals surface area (Å²) in [5.41, 5.74) is 0.900. The van der Waals surface area contributed by atoms with Crippen LogP contribution in [0.15, 0.2) is 54.6 Å². The molecule has 0 aliphatic heterocycles. The fourth-order valence-corrected chi connectivity index (χ4v) is 1.60. The molecule has 0 heterocycles. The lowest BCUT2D eigenvalue weighted by molar-refractivity contribution is -0.123. The quantitative estimate of drug-likeness (QED) is 0.801. The van der Waals surface area contributed by atoms with Crippen molar-refractivity contribution in [2.75, 3.05) is 14.1 Å². The molecule has 0 unspecified atom stereocenters. The third-order valence-corrected chi connectivity index (χ3v) is 2.79. The largest absolute Gasteiger partial charge is 0.457 e. The molecule has 0 saturated heterocycles. The van der Waals surface area contributed by atoms with Crippen molar-refractivity contribution in [2.45, 2.75) is 0 Å². The van der Waals surface area contributed by atoms with Crippen molar-refractivity contribution < 1.29 is 13.9 Å². The van der Waals surface area contributed by atoms with Gasteiger partial charge in [0.05, 0.1) is 0 Å². The van der Waals surface area contributed by atoms with E-state index in [9.17, 15) is 9.18 Å². The van der Waals surface area contributed by atoms with Gasteiger partial charge in [0.25, 0.3) is 0 Å². The van der Waals surface area contributed by atoms with Gasteiger partial charge in [-0.25, -0.2) is 4.39 Å². The molecule has 3 nitrogen and oxygen atoms in total. The minimum absolute atomic E-state index is 0.0679. The molecule has 0 fully saturated rings. The van der Waals surface area contributed by atoms with Crippen molar-refractivity contribution >= 4 is 12.0 Å². The number of amides is 1. The molecule has 2 rings (SSSR count). The second-order valence-corrected chi connectivity index (χ2v) is 4.69. The molecular weight excluding hydrogens is 269 g/mol. The molecule has 2 aromatic rings. The number of rotatable bonds is 4. The van der Waals surface area contributed by atoms with Crippen LogP contribution >= 0.6 is 0 Å². The first-order valence-electron chi connectivity index (χ1n) is 6.47. The van der Waals surface area contributed by atoms with Gasteiger partial charge >= 0.3 is 0 Å². The Kier molecular flexibility index (Phi) is 4.72. The summed E-state index contributed by atoms with van der Waals surface area (Å²) in [5.74, 6) is 0.857. The van der Waals surface area contributed by atoms with Gasteiger partial charge in [-0.3, -0.25) is 4.79 Å². The predicted molar refractivity (Wildman–Crippen MR) is 80.6 cm³/mol. The van der Waals surface area contributed by atoms with E-state index in [4.69, 9.17) is 4.74 Å². The van der Waals surface area contributed by atoms with Crippen LogP contribution in [0.1, 0.15) is 5.56 Å². The van der Waals surface area contributed by atoms with Crippen LogP contribution in [0, 0.1) is 5.82 Å². The Labute approximate surface area is 123 Å². The Bertz CT molecular complexity index is 631. The Morgan fingerprint density at radius 3 is 2.05 bits per heavy atom. The SMILES string of the molecule is CN(C)C(=O)C=Cc1ccc(Oc2ccc(F)cc2)cc1. The summed E-state index contributed by atoms with van der Waals surface area (Å²) in [5, 5.41) is 0. The summed E-state index contributed by atoms with van der Waals surface area (Å²) in [6.07, 6.45) is 3.25. The van der Waals surface area contributed by atoms with E-state index in [-0.39, 0.29) is 11.7 Å². The fraction of sp³-hybridized carbons (Fsp3) is 0.118. The van der Waals surface area contributed by atoms with Crippen LogP contribution in [0.5, 0.6) is 11.5 Å². The lowest BCUT2D eigenvalue weighted by Gasteiger charge is -2.06. The average molecular weight is 285 g/mol. The Balaban J connectivity index is 2.02. The number of halogens is 1. The third-order valence-electron chi connectivity index (χ3n) is 2.79. The summed E-state index contributed by atoms with van der Waals surface area (Å²) in [7, 11) is 3.40. The maximum absolute atomic E-state index is 12.8. The topological polar surface area (TPSA) is 29.5 Å². The van der Waals surface area contributed by atoms with Crippen LogP contribution in [0.4, 0.5) is 4.39 Å². The number of likely N-dealkylation sites (N-methyl/N-ethyl adjacent to an activating group) is 1. The van der Waals surface area contributed by atoms with Crippen molar-refractivity contribution in [3.8, 4) is 11.5 Å². The van der Waals surface area contributed by atoms with Gasteiger partial charge in [-0.1, -0.05) is 12.1 Å². The zero-order valence-electron chi connectivity index (χ0n) is 11.9. The highest BCUT2D eigenvalue weighted by Gasteiger charge is 1.99. The molecule has 21 heavy (non-hydrogen) atoms. The summed E-state index contributed by atoms with van der Waals surface area (Å²) < 4.78 is 18.4. The molecule has 4 heteroatoms. The zero-order chi connectivity index (χ0) is 15.2. The molecule has 1 amide bonds. The van der Waals surface area contributed by atoms with Crippen LogP contribution in [0.3, 0.4) is 0 Å². The molecular formula is C17H16FNO2. The Morgan fingerprint density at radius 1 is 1.00 bits per heavy atom. The maximum Gasteiger partial charge on any atom is 0.246 e. The van der Waals surface area contributed by atoms with Crippen molar-refractivity contribution in [2.24, 2.45) is 0 Å². The zero-order valence-corrected chi connectivity index (χ0v) is 11.9. The normalized spacial score (nSPS) is 10.6. The number of carbonyl (C=O) groups excluding carboxylic acids is 1. The third kappa shape index (κ3) is 4.45. The smallest absolute Gasteiger partial charge is 0.246 e. The molecule has 0 N–H and O–H groups in total. The first-order valence-corrected chi connectivity index (χ1v) is 6.47. The van der Waals surface area contributed by atoms with Gasteiger partial charge in [-0.15, -0.1) is 0 Å². The lowest BCUT2D eigenvalue weighted by atomic mass is 10.2. The number of ether oxygens (including phenoxy) is 1. The number of hydrogen-bond acceptors (Lipinski definition) is 2. The van der Waals surface area contributed by atoms with E-state index < -0.39 is 0 Å². The van der Waals surface area contributed by atoms with E-state index in [1.807, 2.05) is 12.1 Å². The van der Waals surface area contributed by atoms with Gasteiger partial charge in [0.1, 0.15) is 17.3 Å². The van der Waals surface area contributed by atoms with Gasteiger partial charge in [0, 0.05) is 20.2 Å². The van der Waals surface area contributed by atoms with Crippen molar-refractivity contribution in [3.05, 3.63) is 66.0 Å². The van der Waals surface area contributed by atoms with Crippen LogP contribution in [-0.2, 0) is 4.79 Å². The summed E-state index contributed by atoms with van der Waals surface area (Å²) in [6.45, 7) is 0. The monoisotopic (exact) mass is 285 g/mol. The predicted octanol–water partition coefficient (Wildman–Crippen LogP) is 3.72. The molecule has 108 valence electrons. The van der Waals surface area contributed by atoms with Crippen LogP contribution < -0.4 is 4.74 Å². The number of hydrogen-bond donors (Lipinski definition) is 0. The second-order valence-electron chi connectivity index (χ2n) is 4.69. The van der Waals surface area contributed by atoms with Gasteiger partial charge in [0.2, 0.25) is 5.91 Å². The molecule has 2 aromatic carbocycles. The highest BCUT2D eigenvalue weighted by Crippen LogP contribution is 2.22. The average Bonchev–Trinajstić information content (AvgIpc) is 2.48. The van der Waals surface area contributed by atoms with Gasteiger partial charge in [-0.05, 0) is 48.0 Å². The van der Waals surface area contributed by atoms with Crippen molar-refractivity contribution in [3.63, 3.8) is 0 Å². The molecule has 0 atom stereocenters. The second kappa shape index (κ2) is 6.70. The van der Waals surface area contributed by atoms with E-state index in [1.54, 1.807) is 44.4 Å². The number of carbonyl (C=O) groups is 1. The molecule has 0 aliphatic carbocycles.